The molecule has 0 saturated carbocycles. The van der Waals surface area contributed by atoms with Gasteiger partial charge in [0, 0.05) is 54.0 Å². The molecule has 43 heavy (non-hydrogen) atoms. The van der Waals surface area contributed by atoms with Crippen molar-refractivity contribution >= 4 is 46.6 Å². The Morgan fingerprint density at radius 2 is 1.74 bits per heavy atom. The summed E-state index contributed by atoms with van der Waals surface area (Å²) in [6.07, 6.45) is 1.63. The maximum absolute atomic E-state index is 13.4. The highest BCUT2D eigenvalue weighted by Gasteiger charge is 2.30. The van der Waals surface area contributed by atoms with Crippen molar-refractivity contribution in [3.05, 3.63) is 101 Å². The number of nitrogens with zero attached hydrogens (tertiary/aromatic N) is 4. The maximum Gasteiger partial charge on any atom is 0.273 e. The van der Waals surface area contributed by atoms with Gasteiger partial charge in [0.25, 0.3) is 5.91 Å². The Labute approximate surface area is 249 Å². The molecule has 10 heteroatoms. The highest BCUT2D eigenvalue weighted by molar-refractivity contribution is 6.15. The van der Waals surface area contributed by atoms with E-state index >= 15 is 0 Å². The first-order valence-corrected chi connectivity index (χ1v) is 14.3. The van der Waals surface area contributed by atoms with Gasteiger partial charge in [-0.3, -0.25) is 24.1 Å². The quantitative estimate of drug-likeness (QED) is 0.226. The summed E-state index contributed by atoms with van der Waals surface area (Å²) in [5.74, 6) is -1.25. The summed E-state index contributed by atoms with van der Waals surface area (Å²) in [5, 5.41) is 10.1. The van der Waals surface area contributed by atoms with Gasteiger partial charge in [-0.2, -0.15) is 5.10 Å². The summed E-state index contributed by atoms with van der Waals surface area (Å²) >= 11 is 0. The second-order valence-corrected chi connectivity index (χ2v) is 10.5. The number of benzene rings is 3. The minimum absolute atomic E-state index is 0.186. The molecule has 10 nitrogen and oxygen atoms in total. The second-order valence-electron chi connectivity index (χ2n) is 10.5. The Bertz CT molecular complexity index is 1700. The molecule has 218 valence electrons. The fraction of sp³-hybridized carbons (Fsp3) is 0.242. The number of carbonyl (C=O) groups excluding carboxylic acids is 3. The van der Waals surface area contributed by atoms with Gasteiger partial charge in [-0.25, -0.2) is 0 Å². The van der Waals surface area contributed by atoms with Crippen LogP contribution in [0.15, 0.2) is 77.8 Å². The third-order valence-electron chi connectivity index (χ3n) is 7.63. The number of ketones is 1. The van der Waals surface area contributed by atoms with Crippen LogP contribution in [0.5, 0.6) is 0 Å². The number of fused-ring (bicyclic) bond motifs is 1. The molecule has 0 bridgehead atoms. The Morgan fingerprint density at radius 1 is 1.02 bits per heavy atom. The number of carbonyl (C=O) groups is 3. The molecule has 0 spiro atoms. The van der Waals surface area contributed by atoms with Crippen LogP contribution in [-0.4, -0.2) is 59.9 Å². The van der Waals surface area contributed by atoms with E-state index in [-0.39, 0.29) is 17.6 Å². The summed E-state index contributed by atoms with van der Waals surface area (Å²) in [6, 6.07) is 21.6. The smallest absolute Gasteiger partial charge is 0.273 e. The van der Waals surface area contributed by atoms with Crippen molar-refractivity contribution in [2.24, 2.45) is 4.99 Å². The highest BCUT2D eigenvalue weighted by atomic mass is 16.5. The van der Waals surface area contributed by atoms with Crippen LogP contribution in [0.4, 0.5) is 22.7 Å². The summed E-state index contributed by atoms with van der Waals surface area (Å²) < 4.78 is 7.07. The summed E-state index contributed by atoms with van der Waals surface area (Å²) in [7, 11) is 0. The molecular weight excluding hydrogens is 544 g/mol. The van der Waals surface area contributed by atoms with E-state index < -0.39 is 5.92 Å². The number of nitrogens with one attached hydrogen (secondary N) is 2. The lowest BCUT2D eigenvalue weighted by Crippen LogP contribution is -2.36. The van der Waals surface area contributed by atoms with Gasteiger partial charge in [0.1, 0.15) is 11.6 Å². The first-order chi connectivity index (χ1) is 20.9. The summed E-state index contributed by atoms with van der Waals surface area (Å²) in [5.41, 5.74) is 5.97. The van der Waals surface area contributed by atoms with Crippen LogP contribution < -0.4 is 15.5 Å². The van der Waals surface area contributed by atoms with Gasteiger partial charge in [-0.05, 0) is 92.2 Å². The van der Waals surface area contributed by atoms with Crippen LogP contribution in [0.1, 0.15) is 50.5 Å². The van der Waals surface area contributed by atoms with Crippen LogP contribution >= 0.6 is 0 Å². The van der Waals surface area contributed by atoms with E-state index in [0.717, 1.165) is 43.4 Å². The molecule has 1 fully saturated rings. The van der Waals surface area contributed by atoms with Gasteiger partial charge in [-0.15, -0.1) is 0 Å². The molecular formula is C33H32N6O4. The van der Waals surface area contributed by atoms with E-state index in [4.69, 9.17) is 4.74 Å². The lowest BCUT2D eigenvalue weighted by Gasteiger charge is -2.28. The molecule has 1 atom stereocenters. The van der Waals surface area contributed by atoms with Gasteiger partial charge in [0.15, 0.2) is 5.78 Å². The van der Waals surface area contributed by atoms with Crippen molar-refractivity contribution in [1.82, 2.24) is 9.78 Å². The number of anilines is 3. The van der Waals surface area contributed by atoms with Crippen molar-refractivity contribution in [2.75, 3.05) is 41.8 Å². The lowest BCUT2D eigenvalue weighted by molar-refractivity contribution is -0.115. The highest BCUT2D eigenvalue weighted by Crippen LogP contribution is 2.33. The number of morpholine rings is 1. The monoisotopic (exact) mass is 576 g/mol. The first kappa shape index (κ1) is 28.0. The number of hydrogen-bond donors (Lipinski definition) is 2. The first-order valence-electron chi connectivity index (χ1n) is 14.3. The molecule has 2 amide bonds. The van der Waals surface area contributed by atoms with E-state index in [1.807, 2.05) is 38.1 Å². The van der Waals surface area contributed by atoms with E-state index in [0.29, 0.717) is 40.3 Å². The molecule has 2 aliphatic heterocycles. The summed E-state index contributed by atoms with van der Waals surface area (Å²) in [6.45, 7) is 7.50. The number of aromatic nitrogens is 2. The standard InChI is InChI=1S/C33H32N6O4/c1-3-39-30(18-21(2)37-39)33(42)35-25-7-4-22(5-8-25)31(40)23-6-13-29-27(19-23)28(32(41)36-29)20-34-24-9-11-26(12-10-24)38-14-16-43-17-15-38/h4-13,18-20,28H,3,14-17H2,1-2H3,(H,35,42)(H,36,41). The fourth-order valence-corrected chi connectivity index (χ4v) is 5.34. The number of aliphatic imine (C=N–C) groups is 1. The number of aryl methyl sites for hydroxylation is 2. The molecule has 1 aromatic heterocycles. The zero-order valence-corrected chi connectivity index (χ0v) is 24.0. The zero-order valence-electron chi connectivity index (χ0n) is 24.0. The molecule has 1 unspecified atom stereocenters. The van der Waals surface area contributed by atoms with E-state index in [2.05, 4.69) is 25.6 Å². The predicted octanol–water partition coefficient (Wildman–Crippen LogP) is 4.97. The Balaban J connectivity index is 1.14. The van der Waals surface area contributed by atoms with Gasteiger partial charge in [0.2, 0.25) is 5.91 Å². The molecule has 3 aromatic carbocycles. The number of hydrogen-bond acceptors (Lipinski definition) is 7. The lowest BCUT2D eigenvalue weighted by atomic mass is 9.96. The number of rotatable bonds is 8. The minimum atomic E-state index is -0.612. The second kappa shape index (κ2) is 12.0. The van der Waals surface area contributed by atoms with Gasteiger partial charge in [0.05, 0.1) is 24.6 Å². The molecule has 0 radical (unpaired) electrons. The van der Waals surface area contributed by atoms with Gasteiger partial charge in [-0.1, -0.05) is 0 Å². The van der Waals surface area contributed by atoms with Crippen LogP contribution in [0.3, 0.4) is 0 Å². The van der Waals surface area contributed by atoms with Crippen molar-refractivity contribution < 1.29 is 19.1 Å². The molecule has 3 heterocycles. The molecule has 2 N–H and O–H groups in total. The van der Waals surface area contributed by atoms with Crippen LogP contribution in [0, 0.1) is 6.92 Å². The Hall–Kier alpha value is -5.09. The maximum atomic E-state index is 13.4. The SMILES string of the molecule is CCn1nc(C)cc1C(=O)Nc1ccc(C(=O)c2ccc3c(c2)C(C=Nc2ccc(N4CCOCC4)cc2)C(=O)N3)cc1. The fourth-order valence-electron chi connectivity index (χ4n) is 5.34. The molecule has 1 saturated heterocycles. The van der Waals surface area contributed by atoms with Crippen LogP contribution in [0.2, 0.25) is 0 Å². The zero-order chi connectivity index (χ0) is 29.9. The van der Waals surface area contributed by atoms with Crippen molar-refractivity contribution in [1.29, 1.82) is 0 Å². The average Bonchev–Trinajstić information content (AvgIpc) is 3.58. The Kier molecular flexibility index (Phi) is 7.84. The van der Waals surface area contributed by atoms with E-state index in [1.165, 1.54) is 0 Å². The topological polar surface area (TPSA) is 118 Å². The van der Waals surface area contributed by atoms with Crippen molar-refractivity contribution in [3.63, 3.8) is 0 Å². The van der Waals surface area contributed by atoms with Crippen LogP contribution in [-0.2, 0) is 16.1 Å². The largest absolute Gasteiger partial charge is 0.378 e. The average molecular weight is 577 g/mol. The molecule has 6 rings (SSSR count). The normalized spacial score (nSPS) is 16.3. The van der Waals surface area contributed by atoms with Crippen molar-refractivity contribution in [2.45, 2.75) is 26.3 Å². The predicted molar refractivity (Wildman–Crippen MR) is 166 cm³/mol. The minimum Gasteiger partial charge on any atom is -0.378 e. The number of ether oxygens (including phenoxy) is 1. The third kappa shape index (κ3) is 5.96. The van der Waals surface area contributed by atoms with E-state index in [1.54, 1.807) is 59.4 Å². The van der Waals surface area contributed by atoms with Gasteiger partial charge >= 0.3 is 0 Å². The molecule has 4 aromatic rings. The number of amides is 2. The van der Waals surface area contributed by atoms with Crippen molar-refractivity contribution in [3.8, 4) is 0 Å². The Morgan fingerprint density at radius 3 is 2.47 bits per heavy atom. The molecule has 2 aliphatic rings. The summed E-state index contributed by atoms with van der Waals surface area (Å²) in [4.78, 5) is 45.7. The molecule has 0 aliphatic carbocycles. The van der Waals surface area contributed by atoms with Gasteiger partial charge < -0.3 is 20.3 Å². The van der Waals surface area contributed by atoms with E-state index in [9.17, 15) is 14.4 Å². The van der Waals surface area contributed by atoms with Crippen LogP contribution in [0.25, 0.3) is 0 Å². The third-order valence-corrected chi connectivity index (χ3v) is 7.63.